The number of aromatic nitrogens is 2. The number of hydrogen-bond donors (Lipinski definition) is 1. The lowest BCUT2D eigenvalue weighted by Gasteiger charge is -2.23. The standard InChI is InChI=1S/C26H24FN3O3S/c1-17-5-3-4-6-20(17)22-15-30(19-9-7-18(27)8-10-19)24-21(22)11-12-23(28-24)25(31)29-26(2)13-14-34(32,33)16-26/h3-12,15H,13-14,16H2,1-2H3,(H,29,31)/t26-/m0/s1. The molecular formula is C26H24FN3O3S. The van der Waals surface area contributed by atoms with Gasteiger partial charge in [0.15, 0.2) is 9.84 Å². The predicted octanol–water partition coefficient (Wildman–Crippen LogP) is 4.45. The molecule has 174 valence electrons. The molecule has 1 aliphatic rings. The number of halogens is 1. The van der Waals surface area contributed by atoms with Gasteiger partial charge in [-0.2, -0.15) is 0 Å². The van der Waals surface area contributed by atoms with Crippen LogP contribution in [0, 0.1) is 12.7 Å². The molecule has 6 nitrogen and oxygen atoms in total. The van der Waals surface area contributed by atoms with Gasteiger partial charge in [-0.15, -0.1) is 0 Å². The van der Waals surface area contributed by atoms with Gasteiger partial charge >= 0.3 is 0 Å². The fourth-order valence-electron chi connectivity index (χ4n) is 4.56. The molecule has 1 fully saturated rings. The van der Waals surface area contributed by atoms with E-state index < -0.39 is 21.3 Å². The van der Waals surface area contributed by atoms with E-state index in [0.29, 0.717) is 17.8 Å². The summed E-state index contributed by atoms with van der Waals surface area (Å²) >= 11 is 0. The van der Waals surface area contributed by atoms with Gasteiger partial charge in [0.05, 0.1) is 17.0 Å². The van der Waals surface area contributed by atoms with Gasteiger partial charge in [0, 0.05) is 22.8 Å². The van der Waals surface area contributed by atoms with Crippen molar-refractivity contribution in [3.05, 3.63) is 83.9 Å². The van der Waals surface area contributed by atoms with Crippen LogP contribution in [0.1, 0.15) is 29.4 Å². The molecule has 1 aliphatic heterocycles. The number of carbonyl (C=O) groups excluding carboxylic acids is 1. The monoisotopic (exact) mass is 477 g/mol. The number of sulfone groups is 1. The van der Waals surface area contributed by atoms with Crippen molar-refractivity contribution in [1.82, 2.24) is 14.9 Å². The maximum absolute atomic E-state index is 13.6. The number of fused-ring (bicyclic) bond motifs is 1. The van der Waals surface area contributed by atoms with Crippen LogP contribution in [-0.4, -0.2) is 40.9 Å². The molecule has 34 heavy (non-hydrogen) atoms. The molecule has 1 atom stereocenters. The average Bonchev–Trinajstić information content (AvgIpc) is 3.30. The fourth-order valence-corrected chi connectivity index (χ4v) is 6.66. The summed E-state index contributed by atoms with van der Waals surface area (Å²) in [5.74, 6) is -0.793. The second-order valence-electron chi connectivity index (χ2n) is 9.13. The summed E-state index contributed by atoms with van der Waals surface area (Å²) in [5.41, 5.74) is 3.72. The lowest BCUT2D eigenvalue weighted by atomic mass is 10.0. The van der Waals surface area contributed by atoms with E-state index in [0.717, 1.165) is 22.1 Å². The summed E-state index contributed by atoms with van der Waals surface area (Å²) in [6.07, 6.45) is 2.31. The maximum Gasteiger partial charge on any atom is 0.270 e. The van der Waals surface area contributed by atoms with Crippen LogP contribution in [0.15, 0.2) is 66.9 Å². The van der Waals surface area contributed by atoms with E-state index in [9.17, 15) is 17.6 Å². The Hall–Kier alpha value is -3.52. The van der Waals surface area contributed by atoms with Crippen LogP contribution in [0.3, 0.4) is 0 Å². The van der Waals surface area contributed by atoms with Crippen LogP contribution in [0.25, 0.3) is 27.8 Å². The van der Waals surface area contributed by atoms with Gasteiger partial charge in [0.25, 0.3) is 5.91 Å². The zero-order valence-electron chi connectivity index (χ0n) is 18.9. The highest BCUT2D eigenvalue weighted by molar-refractivity contribution is 7.91. The van der Waals surface area contributed by atoms with Crippen molar-refractivity contribution >= 4 is 26.8 Å². The number of amides is 1. The second-order valence-corrected chi connectivity index (χ2v) is 11.3. The molecule has 0 spiro atoms. The summed E-state index contributed by atoms with van der Waals surface area (Å²) in [4.78, 5) is 17.7. The Morgan fingerprint density at radius 3 is 2.47 bits per heavy atom. The first-order valence-corrected chi connectivity index (χ1v) is 12.8. The molecule has 0 aliphatic carbocycles. The highest BCUT2D eigenvalue weighted by atomic mass is 32.2. The molecule has 0 radical (unpaired) electrons. The molecule has 0 saturated carbocycles. The molecule has 0 unspecified atom stereocenters. The second kappa shape index (κ2) is 8.06. The SMILES string of the molecule is Cc1ccccc1-c1cn(-c2ccc(F)cc2)c2nc(C(=O)N[C@@]3(C)CCS(=O)(=O)C3)ccc12. The Kier molecular flexibility index (Phi) is 5.28. The molecule has 8 heteroatoms. The largest absolute Gasteiger partial charge is 0.344 e. The molecular weight excluding hydrogens is 453 g/mol. The lowest BCUT2D eigenvalue weighted by molar-refractivity contribution is 0.0910. The van der Waals surface area contributed by atoms with Gasteiger partial charge < -0.3 is 9.88 Å². The first-order valence-electron chi connectivity index (χ1n) is 11.0. The van der Waals surface area contributed by atoms with E-state index >= 15 is 0 Å². The number of nitrogens with one attached hydrogen (secondary N) is 1. The third kappa shape index (κ3) is 4.09. The minimum absolute atomic E-state index is 0.0590. The van der Waals surface area contributed by atoms with Crippen molar-refractivity contribution in [1.29, 1.82) is 0 Å². The minimum atomic E-state index is -3.16. The van der Waals surface area contributed by atoms with Gasteiger partial charge in [0.1, 0.15) is 17.2 Å². The normalized spacial score (nSPS) is 19.4. The Bertz CT molecular complexity index is 1530. The molecule has 1 amide bonds. The Morgan fingerprint density at radius 1 is 1.06 bits per heavy atom. The molecule has 2 aromatic carbocycles. The van der Waals surface area contributed by atoms with Crippen LogP contribution in [0.4, 0.5) is 4.39 Å². The number of hydrogen-bond acceptors (Lipinski definition) is 4. The highest BCUT2D eigenvalue weighted by Gasteiger charge is 2.39. The molecule has 4 aromatic rings. The lowest BCUT2D eigenvalue weighted by Crippen LogP contribution is -2.47. The van der Waals surface area contributed by atoms with Crippen molar-refractivity contribution in [3.63, 3.8) is 0 Å². The van der Waals surface area contributed by atoms with Crippen LogP contribution in [-0.2, 0) is 9.84 Å². The number of benzene rings is 2. The Labute approximate surface area is 197 Å². The molecule has 1 N–H and O–H groups in total. The quantitative estimate of drug-likeness (QED) is 0.471. The zero-order valence-corrected chi connectivity index (χ0v) is 19.7. The van der Waals surface area contributed by atoms with Crippen molar-refractivity contribution in [2.24, 2.45) is 0 Å². The van der Waals surface area contributed by atoms with Gasteiger partial charge in [-0.3, -0.25) is 4.79 Å². The molecule has 3 heterocycles. The summed E-state index contributed by atoms with van der Waals surface area (Å²) in [5, 5.41) is 3.72. The molecule has 2 aromatic heterocycles. The topological polar surface area (TPSA) is 81.1 Å². The predicted molar refractivity (Wildman–Crippen MR) is 130 cm³/mol. The van der Waals surface area contributed by atoms with Crippen molar-refractivity contribution in [2.45, 2.75) is 25.8 Å². The maximum atomic E-state index is 13.6. The van der Waals surface area contributed by atoms with Crippen LogP contribution in [0.5, 0.6) is 0 Å². The Morgan fingerprint density at radius 2 is 1.79 bits per heavy atom. The third-order valence-corrected chi connectivity index (χ3v) is 8.25. The summed E-state index contributed by atoms with van der Waals surface area (Å²) in [7, 11) is -3.16. The highest BCUT2D eigenvalue weighted by Crippen LogP contribution is 2.34. The first-order chi connectivity index (χ1) is 16.1. The van der Waals surface area contributed by atoms with Crippen molar-refractivity contribution in [2.75, 3.05) is 11.5 Å². The van der Waals surface area contributed by atoms with E-state index in [-0.39, 0.29) is 23.0 Å². The summed E-state index contributed by atoms with van der Waals surface area (Å²) < 4.78 is 39.3. The summed E-state index contributed by atoms with van der Waals surface area (Å²) in [6.45, 7) is 3.77. The Balaban J connectivity index is 1.62. The van der Waals surface area contributed by atoms with Gasteiger partial charge in [-0.25, -0.2) is 17.8 Å². The smallest absolute Gasteiger partial charge is 0.270 e. The number of carbonyl (C=O) groups is 1. The average molecular weight is 478 g/mol. The number of pyridine rings is 1. The molecule has 5 rings (SSSR count). The van der Waals surface area contributed by atoms with E-state index in [1.54, 1.807) is 25.1 Å². The van der Waals surface area contributed by atoms with E-state index in [4.69, 9.17) is 0 Å². The van der Waals surface area contributed by atoms with Gasteiger partial charge in [-0.05, 0) is 67.8 Å². The van der Waals surface area contributed by atoms with Crippen molar-refractivity contribution < 1.29 is 17.6 Å². The summed E-state index contributed by atoms with van der Waals surface area (Å²) in [6, 6.07) is 17.6. The first kappa shape index (κ1) is 22.3. The van der Waals surface area contributed by atoms with Crippen LogP contribution >= 0.6 is 0 Å². The van der Waals surface area contributed by atoms with E-state index in [1.165, 1.54) is 12.1 Å². The fraction of sp³-hybridized carbons (Fsp3) is 0.231. The number of aryl methyl sites for hydroxylation is 1. The van der Waals surface area contributed by atoms with E-state index in [2.05, 4.69) is 10.3 Å². The van der Waals surface area contributed by atoms with Gasteiger partial charge in [-0.1, -0.05) is 24.3 Å². The minimum Gasteiger partial charge on any atom is -0.344 e. The number of nitrogens with zero attached hydrogens (tertiary/aromatic N) is 2. The number of rotatable bonds is 4. The van der Waals surface area contributed by atoms with Crippen LogP contribution < -0.4 is 5.32 Å². The zero-order chi connectivity index (χ0) is 24.1. The van der Waals surface area contributed by atoms with Crippen molar-refractivity contribution in [3.8, 4) is 16.8 Å². The van der Waals surface area contributed by atoms with Crippen LogP contribution in [0.2, 0.25) is 0 Å². The van der Waals surface area contributed by atoms with E-state index in [1.807, 2.05) is 48.0 Å². The molecule has 1 saturated heterocycles. The third-order valence-electron chi connectivity index (χ3n) is 6.34. The van der Waals surface area contributed by atoms with Gasteiger partial charge in [0.2, 0.25) is 0 Å². The molecule has 0 bridgehead atoms.